The molecule has 0 unspecified atom stereocenters. The molecule has 2 aromatic carbocycles. The molecular weight excluding hydrogens is 222 g/mol. The second-order valence-electron chi connectivity index (χ2n) is 4.74. The minimum Gasteiger partial charge on any atom is -0.489 e. The van der Waals surface area contributed by atoms with Crippen LogP contribution in [0.15, 0.2) is 36.4 Å². The summed E-state index contributed by atoms with van der Waals surface area (Å²) in [5.41, 5.74) is 11.5. The highest BCUT2D eigenvalue weighted by Gasteiger charge is 2.05. The van der Waals surface area contributed by atoms with Crippen LogP contribution in [-0.4, -0.2) is 0 Å². The van der Waals surface area contributed by atoms with E-state index in [1.54, 1.807) is 0 Å². The van der Waals surface area contributed by atoms with Crippen LogP contribution in [0.4, 0.5) is 5.69 Å². The van der Waals surface area contributed by atoms with E-state index >= 15 is 0 Å². The highest BCUT2D eigenvalue weighted by atomic mass is 16.5. The quantitative estimate of drug-likeness (QED) is 0.830. The third-order valence-electron chi connectivity index (χ3n) is 3.08. The lowest BCUT2D eigenvalue weighted by molar-refractivity contribution is 0.305. The van der Waals surface area contributed by atoms with E-state index in [0.717, 1.165) is 11.4 Å². The van der Waals surface area contributed by atoms with Gasteiger partial charge in [0.15, 0.2) is 0 Å². The molecule has 2 N–H and O–H groups in total. The molecule has 2 rings (SSSR count). The van der Waals surface area contributed by atoms with Crippen molar-refractivity contribution in [1.29, 1.82) is 0 Å². The summed E-state index contributed by atoms with van der Waals surface area (Å²) in [6.45, 7) is 6.94. The Kier molecular flexibility index (Phi) is 3.56. The van der Waals surface area contributed by atoms with E-state index in [9.17, 15) is 0 Å². The van der Waals surface area contributed by atoms with Gasteiger partial charge in [-0.2, -0.15) is 0 Å². The molecule has 2 nitrogen and oxygen atoms in total. The van der Waals surface area contributed by atoms with E-state index in [1.807, 2.05) is 24.3 Å². The molecule has 0 saturated heterocycles. The Labute approximate surface area is 108 Å². The molecule has 94 valence electrons. The van der Waals surface area contributed by atoms with Crippen LogP contribution in [0.2, 0.25) is 0 Å². The Balaban J connectivity index is 2.16. The zero-order valence-corrected chi connectivity index (χ0v) is 11.2. The molecule has 0 amide bonds. The van der Waals surface area contributed by atoms with Gasteiger partial charge in [0.25, 0.3) is 0 Å². The largest absolute Gasteiger partial charge is 0.489 e. The van der Waals surface area contributed by atoms with Crippen molar-refractivity contribution in [1.82, 2.24) is 0 Å². The predicted octanol–water partition coefficient (Wildman–Crippen LogP) is 3.77. The summed E-state index contributed by atoms with van der Waals surface area (Å²) in [6, 6.07) is 11.9. The van der Waals surface area contributed by atoms with Gasteiger partial charge in [0.05, 0.1) is 0 Å². The molecule has 0 radical (unpaired) electrons. The fourth-order valence-electron chi connectivity index (χ4n) is 2.20. The van der Waals surface area contributed by atoms with Crippen molar-refractivity contribution < 1.29 is 4.74 Å². The molecule has 0 atom stereocenters. The third-order valence-corrected chi connectivity index (χ3v) is 3.08. The number of ether oxygens (including phenoxy) is 1. The smallest absolute Gasteiger partial charge is 0.121 e. The zero-order chi connectivity index (χ0) is 13.1. The Morgan fingerprint density at radius 3 is 2.28 bits per heavy atom. The minimum atomic E-state index is 0.585. The van der Waals surface area contributed by atoms with Gasteiger partial charge in [-0.05, 0) is 49.6 Å². The SMILES string of the molecule is Cc1cc(C)c(COc2cccc(N)c2)c(C)c1. The van der Waals surface area contributed by atoms with Crippen molar-refractivity contribution in [2.45, 2.75) is 27.4 Å². The van der Waals surface area contributed by atoms with Crippen LogP contribution in [0, 0.1) is 20.8 Å². The summed E-state index contributed by atoms with van der Waals surface area (Å²) in [7, 11) is 0. The fraction of sp³-hybridized carbons (Fsp3) is 0.250. The van der Waals surface area contributed by atoms with Gasteiger partial charge in [-0.3, -0.25) is 0 Å². The molecule has 0 aliphatic carbocycles. The van der Waals surface area contributed by atoms with Crippen molar-refractivity contribution in [3.05, 3.63) is 58.7 Å². The molecule has 0 fully saturated rings. The van der Waals surface area contributed by atoms with Gasteiger partial charge in [0.1, 0.15) is 12.4 Å². The number of anilines is 1. The number of hydrogen-bond donors (Lipinski definition) is 1. The van der Waals surface area contributed by atoms with E-state index in [2.05, 4.69) is 32.9 Å². The summed E-state index contributed by atoms with van der Waals surface area (Å²) < 4.78 is 5.79. The second kappa shape index (κ2) is 5.13. The first kappa shape index (κ1) is 12.5. The lowest BCUT2D eigenvalue weighted by Gasteiger charge is -2.13. The monoisotopic (exact) mass is 241 g/mol. The average molecular weight is 241 g/mol. The lowest BCUT2D eigenvalue weighted by Crippen LogP contribution is -2.01. The topological polar surface area (TPSA) is 35.2 Å². The van der Waals surface area contributed by atoms with E-state index in [0.29, 0.717) is 6.61 Å². The lowest BCUT2D eigenvalue weighted by atomic mass is 10.0. The van der Waals surface area contributed by atoms with Gasteiger partial charge in [0, 0.05) is 11.8 Å². The standard InChI is InChI=1S/C16H19NO/c1-11-7-12(2)16(13(3)8-11)10-18-15-6-4-5-14(17)9-15/h4-9H,10,17H2,1-3H3. The first-order chi connectivity index (χ1) is 8.56. The fourth-order valence-corrected chi connectivity index (χ4v) is 2.20. The van der Waals surface area contributed by atoms with Gasteiger partial charge in [-0.25, -0.2) is 0 Å². The van der Waals surface area contributed by atoms with Crippen molar-refractivity contribution in [2.75, 3.05) is 5.73 Å². The Morgan fingerprint density at radius 2 is 1.67 bits per heavy atom. The molecular formula is C16H19NO. The van der Waals surface area contributed by atoms with E-state index in [-0.39, 0.29) is 0 Å². The Morgan fingerprint density at radius 1 is 1.00 bits per heavy atom. The summed E-state index contributed by atoms with van der Waals surface area (Å²) in [5.74, 6) is 0.814. The van der Waals surface area contributed by atoms with Crippen LogP contribution >= 0.6 is 0 Å². The van der Waals surface area contributed by atoms with Crippen molar-refractivity contribution >= 4 is 5.69 Å². The number of aryl methyl sites for hydroxylation is 3. The van der Waals surface area contributed by atoms with Crippen LogP contribution in [0.5, 0.6) is 5.75 Å². The Hall–Kier alpha value is -1.96. The number of nitrogen functional groups attached to an aromatic ring is 1. The zero-order valence-electron chi connectivity index (χ0n) is 11.2. The van der Waals surface area contributed by atoms with Gasteiger partial charge in [0.2, 0.25) is 0 Å². The normalized spacial score (nSPS) is 10.4. The van der Waals surface area contributed by atoms with E-state index in [4.69, 9.17) is 10.5 Å². The molecule has 0 spiro atoms. The van der Waals surface area contributed by atoms with Crippen molar-refractivity contribution in [3.8, 4) is 5.75 Å². The highest BCUT2D eigenvalue weighted by molar-refractivity contribution is 5.44. The molecule has 0 saturated carbocycles. The molecule has 2 aromatic rings. The average Bonchev–Trinajstić information content (AvgIpc) is 2.27. The molecule has 18 heavy (non-hydrogen) atoms. The predicted molar refractivity (Wildman–Crippen MR) is 75.8 cm³/mol. The first-order valence-corrected chi connectivity index (χ1v) is 6.11. The molecule has 0 aromatic heterocycles. The maximum absolute atomic E-state index is 5.79. The van der Waals surface area contributed by atoms with Crippen LogP contribution in [0.1, 0.15) is 22.3 Å². The molecule has 0 aliphatic heterocycles. The minimum absolute atomic E-state index is 0.585. The summed E-state index contributed by atoms with van der Waals surface area (Å²) >= 11 is 0. The number of hydrogen-bond acceptors (Lipinski definition) is 2. The Bertz CT molecular complexity index is 538. The van der Waals surface area contributed by atoms with Crippen molar-refractivity contribution in [3.63, 3.8) is 0 Å². The second-order valence-corrected chi connectivity index (χ2v) is 4.74. The van der Waals surface area contributed by atoms with Crippen molar-refractivity contribution in [2.24, 2.45) is 0 Å². The summed E-state index contributed by atoms with van der Waals surface area (Å²) in [4.78, 5) is 0. The molecule has 0 aliphatic rings. The van der Waals surface area contributed by atoms with Gasteiger partial charge in [-0.1, -0.05) is 23.8 Å². The van der Waals surface area contributed by atoms with Crippen LogP contribution in [-0.2, 0) is 6.61 Å². The van der Waals surface area contributed by atoms with Gasteiger partial charge >= 0.3 is 0 Å². The van der Waals surface area contributed by atoms with E-state index in [1.165, 1.54) is 22.3 Å². The molecule has 2 heteroatoms. The first-order valence-electron chi connectivity index (χ1n) is 6.11. The van der Waals surface area contributed by atoms with Gasteiger partial charge < -0.3 is 10.5 Å². The van der Waals surface area contributed by atoms with Crippen LogP contribution in [0.25, 0.3) is 0 Å². The number of rotatable bonds is 3. The van der Waals surface area contributed by atoms with Crippen LogP contribution in [0.3, 0.4) is 0 Å². The summed E-state index contributed by atoms with van der Waals surface area (Å²) in [5, 5.41) is 0. The van der Waals surface area contributed by atoms with Crippen LogP contribution < -0.4 is 10.5 Å². The maximum Gasteiger partial charge on any atom is 0.121 e. The number of nitrogens with two attached hydrogens (primary N) is 1. The maximum atomic E-state index is 5.79. The molecule has 0 bridgehead atoms. The third kappa shape index (κ3) is 2.83. The summed E-state index contributed by atoms with van der Waals surface area (Å²) in [6.07, 6.45) is 0. The van der Waals surface area contributed by atoms with E-state index < -0.39 is 0 Å². The number of benzene rings is 2. The van der Waals surface area contributed by atoms with Gasteiger partial charge in [-0.15, -0.1) is 0 Å². The molecule has 0 heterocycles. The highest BCUT2D eigenvalue weighted by Crippen LogP contribution is 2.20.